The Morgan fingerprint density at radius 3 is 2.80 bits per heavy atom. The quantitative estimate of drug-likeness (QED) is 0.914. The molecule has 107 valence electrons. The number of aliphatic hydroxyl groups is 1. The second kappa shape index (κ2) is 5.80. The zero-order chi connectivity index (χ0) is 14.8. The van der Waals surface area contributed by atoms with E-state index in [2.05, 4.69) is 25.8 Å². The highest BCUT2D eigenvalue weighted by Crippen LogP contribution is 2.37. The fourth-order valence-corrected chi connectivity index (χ4v) is 2.47. The molecule has 0 aromatic carbocycles. The zero-order valence-electron chi connectivity index (χ0n) is 12.3. The molecule has 0 fully saturated rings. The van der Waals surface area contributed by atoms with Crippen LogP contribution in [-0.4, -0.2) is 17.2 Å². The molecule has 1 aliphatic carbocycles. The lowest BCUT2D eigenvalue weighted by Gasteiger charge is -2.33. The lowest BCUT2D eigenvalue weighted by molar-refractivity contribution is 0.0587. The topological polar surface area (TPSA) is 42.4 Å². The van der Waals surface area contributed by atoms with E-state index in [1.165, 1.54) is 5.57 Å². The molecule has 0 spiro atoms. The van der Waals surface area contributed by atoms with Crippen LogP contribution >= 0.6 is 0 Å². The van der Waals surface area contributed by atoms with E-state index in [9.17, 15) is 5.11 Å². The maximum absolute atomic E-state index is 10.9. The van der Waals surface area contributed by atoms with Crippen LogP contribution in [0.15, 0.2) is 42.3 Å². The number of pyridine rings is 1. The Labute approximate surface area is 121 Å². The normalized spacial score (nSPS) is 25.7. The summed E-state index contributed by atoms with van der Waals surface area (Å²) in [6.07, 6.45) is 10.1. The van der Waals surface area contributed by atoms with Crippen molar-refractivity contribution in [1.82, 2.24) is 4.98 Å². The summed E-state index contributed by atoms with van der Waals surface area (Å²) in [5, 5.41) is 10.9. The average Bonchev–Trinajstić information content (AvgIpc) is 2.42. The van der Waals surface area contributed by atoms with Crippen LogP contribution in [0, 0.1) is 18.8 Å². The Morgan fingerprint density at radius 2 is 2.20 bits per heavy atom. The molecule has 0 saturated carbocycles. The molecule has 0 aliphatic heterocycles. The lowest BCUT2D eigenvalue weighted by Crippen LogP contribution is -2.32. The molecule has 1 aromatic heterocycles. The zero-order valence-corrected chi connectivity index (χ0v) is 12.3. The molecule has 2 rings (SSSR count). The summed E-state index contributed by atoms with van der Waals surface area (Å²) in [5.41, 5.74) is 0.802. The number of hydrogen-bond acceptors (Lipinski definition) is 3. The highest BCUT2D eigenvalue weighted by Gasteiger charge is 2.34. The molecule has 3 heteroatoms. The number of allylic oxidation sites excluding steroid dienone is 2. The molecule has 20 heavy (non-hydrogen) atoms. The van der Waals surface area contributed by atoms with E-state index in [1.54, 1.807) is 25.6 Å². The molecule has 1 heterocycles. The molecular weight excluding hydrogens is 250 g/mol. The largest absolute Gasteiger partial charge is 0.495 e. The van der Waals surface area contributed by atoms with Crippen LogP contribution in [-0.2, 0) is 5.60 Å². The fourth-order valence-electron chi connectivity index (χ4n) is 2.47. The highest BCUT2D eigenvalue weighted by atomic mass is 16.5. The van der Waals surface area contributed by atoms with Crippen molar-refractivity contribution in [1.29, 1.82) is 0 Å². The number of hydrogen-bond donors (Lipinski definition) is 1. The third-order valence-electron chi connectivity index (χ3n) is 3.59. The van der Waals surface area contributed by atoms with Crippen molar-refractivity contribution in [2.45, 2.75) is 25.9 Å². The van der Waals surface area contributed by atoms with E-state index < -0.39 is 5.60 Å². The molecule has 0 saturated heterocycles. The summed E-state index contributed by atoms with van der Waals surface area (Å²) >= 11 is 0. The number of aromatic nitrogens is 1. The van der Waals surface area contributed by atoms with Crippen LogP contribution in [0.5, 0.6) is 5.75 Å². The summed E-state index contributed by atoms with van der Waals surface area (Å²) in [6, 6.07) is 1.80. The van der Waals surface area contributed by atoms with E-state index in [0.717, 1.165) is 6.42 Å². The van der Waals surface area contributed by atoms with E-state index in [0.29, 0.717) is 17.2 Å². The first kappa shape index (κ1) is 14.8. The van der Waals surface area contributed by atoms with E-state index in [-0.39, 0.29) is 5.92 Å². The maximum atomic E-state index is 10.9. The van der Waals surface area contributed by atoms with E-state index in [4.69, 9.17) is 4.74 Å². The van der Waals surface area contributed by atoms with Gasteiger partial charge in [-0.3, -0.25) is 4.98 Å². The summed E-state index contributed by atoms with van der Waals surface area (Å²) in [4.78, 5) is 4.11. The number of methoxy groups -OCH3 is 1. The molecule has 1 aromatic rings. The van der Waals surface area contributed by atoms with Gasteiger partial charge in [0.15, 0.2) is 0 Å². The first-order valence-corrected chi connectivity index (χ1v) is 6.90. The minimum atomic E-state index is -1.12. The molecule has 1 aliphatic rings. The second-order valence-corrected chi connectivity index (χ2v) is 5.72. The van der Waals surface area contributed by atoms with Gasteiger partial charge in [0.2, 0.25) is 0 Å². The van der Waals surface area contributed by atoms with Gasteiger partial charge in [0.05, 0.1) is 13.3 Å². The van der Waals surface area contributed by atoms with Gasteiger partial charge in [0.1, 0.15) is 11.4 Å². The van der Waals surface area contributed by atoms with Gasteiger partial charge in [-0.2, -0.15) is 0 Å². The van der Waals surface area contributed by atoms with Gasteiger partial charge in [-0.25, -0.2) is 0 Å². The monoisotopic (exact) mass is 272 g/mol. The molecule has 3 nitrogen and oxygen atoms in total. The van der Waals surface area contributed by atoms with Gasteiger partial charge >= 0.3 is 0 Å². The van der Waals surface area contributed by atoms with Crippen LogP contribution in [0.2, 0.25) is 0 Å². The minimum absolute atomic E-state index is 0.241. The average molecular weight is 272 g/mol. The Balaban J connectivity index is 2.28. The molecule has 2 atom stereocenters. The predicted molar refractivity (Wildman–Crippen MR) is 80.2 cm³/mol. The van der Waals surface area contributed by atoms with Crippen molar-refractivity contribution in [3.8, 4) is 5.75 Å². The molecule has 1 radical (unpaired) electrons. The Bertz CT molecular complexity index is 534. The summed E-state index contributed by atoms with van der Waals surface area (Å²) < 4.78 is 5.17. The van der Waals surface area contributed by atoms with Gasteiger partial charge in [0.25, 0.3) is 0 Å². The van der Waals surface area contributed by atoms with Crippen LogP contribution in [0.3, 0.4) is 0 Å². The molecule has 1 N–H and O–H groups in total. The third kappa shape index (κ3) is 2.93. The summed E-state index contributed by atoms with van der Waals surface area (Å²) in [5.74, 6) is 0.978. The van der Waals surface area contributed by atoms with Gasteiger partial charge < -0.3 is 9.84 Å². The number of nitrogens with zero attached hydrogens (tertiary/aromatic N) is 1. The molecular formula is C17H22NO2. The predicted octanol–water partition coefficient (Wildman–Crippen LogP) is 3.27. The van der Waals surface area contributed by atoms with Crippen LogP contribution < -0.4 is 4.74 Å². The second-order valence-electron chi connectivity index (χ2n) is 5.72. The smallest absolute Gasteiger partial charge is 0.137 e. The molecule has 0 bridgehead atoms. The van der Waals surface area contributed by atoms with Crippen molar-refractivity contribution in [3.63, 3.8) is 0 Å². The van der Waals surface area contributed by atoms with E-state index >= 15 is 0 Å². The van der Waals surface area contributed by atoms with Crippen LogP contribution in [0.25, 0.3) is 0 Å². The van der Waals surface area contributed by atoms with Gasteiger partial charge in [-0.1, -0.05) is 31.6 Å². The van der Waals surface area contributed by atoms with Crippen LogP contribution in [0.1, 0.15) is 25.8 Å². The van der Waals surface area contributed by atoms with Crippen molar-refractivity contribution in [3.05, 3.63) is 54.7 Å². The Kier molecular flexibility index (Phi) is 4.29. The highest BCUT2D eigenvalue weighted by molar-refractivity contribution is 5.39. The maximum Gasteiger partial charge on any atom is 0.137 e. The van der Waals surface area contributed by atoms with Crippen molar-refractivity contribution in [2.75, 3.05) is 7.11 Å². The lowest BCUT2D eigenvalue weighted by atomic mass is 9.77. The first-order chi connectivity index (χ1) is 9.45. The van der Waals surface area contributed by atoms with Crippen molar-refractivity contribution >= 4 is 0 Å². The summed E-state index contributed by atoms with van der Waals surface area (Å²) in [7, 11) is 1.59. The molecule has 2 unspecified atom stereocenters. The Morgan fingerprint density at radius 1 is 1.45 bits per heavy atom. The van der Waals surface area contributed by atoms with Gasteiger partial charge in [0, 0.05) is 17.7 Å². The first-order valence-electron chi connectivity index (χ1n) is 6.90. The van der Waals surface area contributed by atoms with Crippen LogP contribution in [0.4, 0.5) is 0 Å². The van der Waals surface area contributed by atoms with Crippen molar-refractivity contribution in [2.24, 2.45) is 11.8 Å². The summed E-state index contributed by atoms with van der Waals surface area (Å²) in [6.45, 7) is 8.45. The number of rotatable bonds is 4. The van der Waals surface area contributed by atoms with Crippen molar-refractivity contribution < 1.29 is 9.84 Å². The van der Waals surface area contributed by atoms with Gasteiger partial charge in [-0.15, -0.1) is 0 Å². The minimum Gasteiger partial charge on any atom is -0.495 e. The third-order valence-corrected chi connectivity index (χ3v) is 3.59. The fraction of sp³-hybridized carbons (Fsp3) is 0.412. The van der Waals surface area contributed by atoms with Gasteiger partial charge in [-0.05, 0) is 31.4 Å². The van der Waals surface area contributed by atoms with E-state index in [1.807, 2.05) is 18.2 Å². The standard InChI is InChI=1S/C17H22NO2/c1-12(2)7-14-5-6-17(19,13(3)8-14)15-9-16(20-4)11-18-10-15/h5-6,8-13,19H,3,7H2,1-2,4H3. The SMILES string of the molecule is [CH2]C1C=C(CC(C)C)C=CC1(O)c1cncc(OC)c1. The number of ether oxygens (including phenoxy) is 1. The Hall–Kier alpha value is -1.61. The molecule has 0 amide bonds.